The van der Waals surface area contributed by atoms with E-state index in [0.717, 1.165) is 49.6 Å². The van der Waals surface area contributed by atoms with Crippen molar-refractivity contribution in [2.24, 2.45) is 4.99 Å². The highest BCUT2D eigenvalue weighted by atomic mass is 79.9. The minimum atomic E-state index is -0.155. The van der Waals surface area contributed by atoms with E-state index in [1.54, 1.807) is 7.11 Å². The van der Waals surface area contributed by atoms with Crippen LogP contribution in [0.5, 0.6) is 0 Å². The van der Waals surface area contributed by atoms with E-state index in [0.29, 0.717) is 0 Å². The number of methoxy groups -OCH3 is 1. The molecule has 1 aromatic rings. The molecular weight excluding hydrogens is 382 g/mol. The van der Waals surface area contributed by atoms with Crippen molar-refractivity contribution in [3.8, 4) is 0 Å². The van der Waals surface area contributed by atoms with Gasteiger partial charge in [-0.15, -0.1) is 0 Å². The molecule has 1 aliphatic heterocycles. The SMILES string of the molecule is CN=C(NCC1(OC)CCOCC1)NCC1(c2cccc(Br)c2)CC1. The molecule has 5 nitrogen and oxygen atoms in total. The maximum atomic E-state index is 5.78. The molecule has 1 aliphatic carbocycles. The molecule has 25 heavy (non-hydrogen) atoms. The van der Waals surface area contributed by atoms with E-state index in [1.165, 1.54) is 18.4 Å². The first kappa shape index (κ1) is 18.7. The Morgan fingerprint density at radius 1 is 1.20 bits per heavy atom. The van der Waals surface area contributed by atoms with Gasteiger partial charge in [-0.2, -0.15) is 0 Å². The predicted molar refractivity (Wildman–Crippen MR) is 104 cm³/mol. The summed E-state index contributed by atoms with van der Waals surface area (Å²) in [5.74, 6) is 0.837. The molecule has 2 fully saturated rings. The van der Waals surface area contributed by atoms with Crippen LogP contribution >= 0.6 is 15.9 Å². The highest BCUT2D eigenvalue weighted by Crippen LogP contribution is 2.48. The van der Waals surface area contributed by atoms with Gasteiger partial charge in [-0.1, -0.05) is 28.1 Å². The van der Waals surface area contributed by atoms with Crippen LogP contribution in [0.25, 0.3) is 0 Å². The smallest absolute Gasteiger partial charge is 0.191 e. The van der Waals surface area contributed by atoms with Crippen LogP contribution in [0.2, 0.25) is 0 Å². The lowest BCUT2D eigenvalue weighted by Crippen LogP contribution is -2.51. The summed E-state index contributed by atoms with van der Waals surface area (Å²) in [6.45, 7) is 3.16. The van der Waals surface area contributed by atoms with Crippen LogP contribution in [0.1, 0.15) is 31.2 Å². The Morgan fingerprint density at radius 3 is 2.52 bits per heavy atom. The highest BCUT2D eigenvalue weighted by molar-refractivity contribution is 9.10. The lowest BCUT2D eigenvalue weighted by Gasteiger charge is -2.36. The zero-order valence-electron chi connectivity index (χ0n) is 15.1. The number of benzene rings is 1. The van der Waals surface area contributed by atoms with Crippen LogP contribution in [-0.2, 0) is 14.9 Å². The maximum absolute atomic E-state index is 5.78. The summed E-state index contributed by atoms with van der Waals surface area (Å²) in [4.78, 5) is 4.38. The summed E-state index contributed by atoms with van der Waals surface area (Å²) in [7, 11) is 3.60. The van der Waals surface area contributed by atoms with Gasteiger partial charge >= 0.3 is 0 Å². The molecule has 0 atom stereocenters. The molecule has 1 heterocycles. The monoisotopic (exact) mass is 409 g/mol. The molecule has 0 radical (unpaired) electrons. The van der Waals surface area contributed by atoms with Gasteiger partial charge in [0.15, 0.2) is 5.96 Å². The van der Waals surface area contributed by atoms with Gasteiger partial charge in [0.05, 0.1) is 5.60 Å². The van der Waals surface area contributed by atoms with Gasteiger partial charge in [-0.05, 0) is 30.5 Å². The van der Waals surface area contributed by atoms with Gasteiger partial charge in [0.2, 0.25) is 0 Å². The van der Waals surface area contributed by atoms with Crippen molar-refractivity contribution in [1.82, 2.24) is 10.6 Å². The second kappa shape index (κ2) is 8.06. The molecular formula is C19H28BrN3O2. The summed E-state index contributed by atoms with van der Waals surface area (Å²) in [5.41, 5.74) is 1.47. The average molecular weight is 410 g/mol. The number of nitrogens with zero attached hydrogens (tertiary/aromatic N) is 1. The zero-order chi connectivity index (χ0) is 17.8. The van der Waals surface area contributed by atoms with E-state index in [2.05, 4.69) is 55.8 Å². The van der Waals surface area contributed by atoms with Gasteiger partial charge in [0.1, 0.15) is 0 Å². The van der Waals surface area contributed by atoms with Crippen molar-refractivity contribution in [3.05, 3.63) is 34.3 Å². The lowest BCUT2D eigenvalue weighted by atomic mass is 9.94. The Labute approximate surface area is 158 Å². The molecule has 0 bridgehead atoms. The first-order chi connectivity index (χ1) is 12.1. The molecule has 2 N–H and O–H groups in total. The molecule has 0 spiro atoms. The van der Waals surface area contributed by atoms with E-state index in [4.69, 9.17) is 9.47 Å². The van der Waals surface area contributed by atoms with E-state index < -0.39 is 0 Å². The Morgan fingerprint density at radius 2 is 1.92 bits per heavy atom. The van der Waals surface area contributed by atoms with Gasteiger partial charge in [-0.3, -0.25) is 4.99 Å². The van der Waals surface area contributed by atoms with Crippen LogP contribution < -0.4 is 10.6 Å². The standard InChI is InChI=1S/C19H28BrN3O2/c1-21-17(23-14-19(24-2)8-10-25-11-9-19)22-13-18(6-7-18)15-4-3-5-16(20)12-15/h3-5,12H,6-11,13-14H2,1-2H3,(H2,21,22,23). The van der Waals surface area contributed by atoms with Crippen LogP contribution in [-0.4, -0.2) is 52.0 Å². The molecule has 138 valence electrons. The fourth-order valence-corrected chi connectivity index (χ4v) is 3.85. The fourth-order valence-electron chi connectivity index (χ4n) is 3.45. The van der Waals surface area contributed by atoms with Crippen LogP contribution in [0.15, 0.2) is 33.7 Å². The van der Waals surface area contributed by atoms with E-state index in [9.17, 15) is 0 Å². The highest BCUT2D eigenvalue weighted by Gasteiger charge is 2.44. The number of hydrogen-bond donors (Lipinski definition) is 2. The first-order valence-electron chi connectivity index (χ1n) is 8.95. The first-order valence-corrected chi connectivity index (χ1v) is 9.74. The third-order valence-corrected chi connectivity index (χ3v) is 6.02. The van der Waals surface area contributed by atoms with Crippen LogP contribution in [0.3, 0.4) is 0 Å². The second-order valence-corrected chi connectivity index (χ2v) is 7.99. The van der Waals surface area contributed by atoms with Crippen molar-refractivity contribution in [2.45, 2.75) is 36.7 Å². The molecule has 3 rings (SSSR count). The van der Waals surface area contributed by atoms with Gasteiger partial charge in [0, 0.05) is 63.2 Å². The molecule has 0 amide bonds. The number of halogens is 1. The third kappa shape index (κ3) is 4.54. The summed E-state index contributed by atoms with van der Waals surface area (Å²) in [5, 5.41) is 6.95. The largest absolute Gasteiger partial charge is 0.381 e. The van der Waals surface area contributed by atoms with Gasteiger partial charge < -0.3 is 20.1 Å². The lowest BCUT2D eigenvalue weighted by molar-refractivity contribution is -0.0855. The molecule has 6 heteroatoms. The second-order valence-electron chi connectivity index (χ2n) is 7.07. The molecule has 1 aromatic carbocycles. The quantitative estimate of drug-likeness (QED) is 0.560. The molecule has 1 saturated carbocycles. The van der Waals surface area contributed by atoms with Crippen molar-refractivity contribution in [2.75, 3.05) is 40.5 Å². The minimum Gasteiger partial charge on any atom is -0.381 e. The number of nitrogens with one attached hydrogen (secondary N) is 2. The maximum Gasteiger partial charge on any atom is 0.191 e. The Kier molecular flexibility index (Phi) is 6.02. The number of aliphatic imine (C=N–C) groups is 1. The van der Waals surface area contributed by atoms with E-state index in [1.807, 2.05) is 7.05 Å². The van der Waals surface area contributed by atoms with Crippen LogP contribution in [0.4, 0.5) is 0 Å². The summed E-state index contributed by atoms with van der Waals surface area (Å²) in [6, 6.07) is 8.63. The number of hydrogen-bond acceptors (Lipinski definition) is 3. The van der Waals surface area contributed by atoms with E-state index >= 15 is 0 Å². The van der Waals surface area contributed by atoms with Crippen molar-refractivity contribution >= 4 is 21.9 Å². The summed E-state index contributed by atoms with van der Waals surface area (Å²) in [6.07, 6.45) is 4.25. The normalized spacial score (nSPS) is 21.6. The Bertz CT molecular complexity index is 610. The molecule has 0 unspecified atom stereocenters. The molecule has 2 aliphatic rings. The third-order valence-electron chi connectivity index (χ3n) is 5.52. The minimum absolute atomic E-state index is 0.155. The summed E-state index contributed by atoms with van der Waals surface area (Å²) >= 11 is 3.58. The van der Waals surface area contributed by atoms with Gasteiger partial charge in [-0.25, -0.2) is 0 Å². The number of rotatable bonds is 6. The van der Waals surface area contributed by atoms with E-state index in [-0.39, 0.29) is 11.0 Å². The summed E-state index contributed by atoms with van der Waals surface area (Å²) < 4.78 is 12.4. The fraction of sp³-hybridized carbons (Fsp3) is 0.632. The molecule has 1 saturated heterocycles. The average Bonchev–Trinajstić information content (AvgIpc) is 3.44. The Balaban J connectivity index is 1.54. The topological polar surface area (TPSA) is 54.9 Å². The van der Waals surface area contributed by atoms with Crippen LogP contribution in [0, 0.1) is 0 Å². The van der Waals surface area contributed by atoms with Crippen molar-refractivity contribution in [3.63, 3.8) is 0 Å². The molecule has 0 aromatic heterocycles. The van der Waals surface area contributed by atoms with Crippen molar-refractivity contribution < 1.29 is 9.47 Å². The number of guanidine groups is 1. The Hall–Kier alpha value is -1.11. The van der Waals surface area contributed by atoms with Gasteiger partial charge in [0.25, 0.3) is 0 Å². The number of ether oxygens (including phenoxy) is 2. The zero-order valence-corrected chi connectivity index (χ0v) is 16.7. The van der Waals surface area contributed by atoms with Crippen molar-refractivity contribution in [1.29, 1.82) is 0 Å². The predicted octanol–water partition coefficient (Wildman–Crippen LogP) is 2.84.